The maximum Gasteiger partial charge on any atom is 0.0451 e. The summed E-state index contributed by atoms with van der Waals surface area (Å²) in [7, 11) is 0. The van der Waals surface area contributed by atoms with Gasteiger partial charge in [0.1, 0.15) is 0 Å². The minimum atomic E-state index is 0.439. The third kappa shape index (κ3) is 4.25. The van der Waals surface area contributed by atoms with E-state index < -0.39 is 0 Å². The number of hydrogen-bond acceptors (Lipinski definition) is 1. The number of nitrogens with one attached hydrogen (secondary N) is 1. The molecule has 0 saturated carbocycles. The molecule has 4 heteroatoms. The molecule has 90 valence electrons. The second kappa shape index (κ2) is 6.85. The van der Waals surface area contributed by atoms with Gasteiger partial charge in [0.15, 0.2) is 0 Å². The van der Waals surface area contributed by atoms with Gasteiger partial charge in [-0.05, 0) is 36.6 Å². The number of alkyl halides is 1. The van der Waals surface area contributed by atoms with Crippen LogP contribution in [0.1, 0.15) is 19.4 Å². The number of benzene rings is 1. The molecule has 1 aromatic rings. The molecule has 1 nitrogen and oxygen atoms in total. The van der Waals surface area contributed by atoms with Gasteiger partial charge in [-0.3, -0.25) is 0 Å². The first kappa shape index (κ1) is 14.3. The van der Waals surface area contributed by atoms with Gasteiger partial charge in [-0.15, -0.1) is 0 Å². The quantitative estimate of drug-likeness (QED) is 0.786. The summed E-state index contributed by atoms with van der Waals surface area (Å²) in [5, 5.41) is 5.92. The number of hydrogen-bond donors (Lipinski definition) is 1. The highest BCUT2D eigenvalue weighted by Gasteiger charge is 2.10. The Labute approximate surface area is 116 Å². The van der Waals surface area contributed by atoms with Crippen molar-refractivity contribution in [3.8, 4) is 0 Å². The Kier molecular flexibility index (Phi) is 6.12. The van der Waals surface area contributed by atoms with Crippen LogP contribution in [0.3, 0.4) is 0 Å². The summed E-state index contributed by atoms with van der Waals surface area (Å²) in [5.74, 6) is 0.581. The van der Waals surface area contributed by atoms with E-state index in [0.29, 0.717) is 12.0 Å². The standard InChI is InChI=1S/C12H16BrCl2N/c1-8(6-13)9(2)16-7-10-5-11(14)3-4-12(10)15/h3-5,8-9,16H,6-7H2,1-2H3. The molecule has 0 saturated heterocycles. The maximum absolute atomic E-state index is 6.09. The zero-order valence-electron chi connectivity index (χ0n) is 9.43. The molecule has 0 aromatic heterocycles. The highest BCUT2D eigenvalue weighted by Crippen LogP contribution is 2.20. The van der Waals surface area contributed by atoms with Gasteiger partial charge in [0.05, 0.1) is 0 Å². The van der Waals surface area contributed by atoms with E-state index in [0.717, 1.165) is 27.5 Å². The van der Waals surface area contributed by atoms with Crippen LogP contribution in [-0.2, 0) is 6.54 Å². The Balaban J connectivity index is 2.57. The average molecular weight is 325 g/mol. The van der Waals surface area contributed by atoms with Crippen LogP contribution in [0.5, 0.6) is 0 Å². The Morgan fingerprint density at radius 1 is 1.31 bits per heavy atom. The van der Waals surface area contributed by atoms with Gasteiger partial charge < -0.3 is 5.32 Å². The van der Waals surface area contributed by atoms with Gasteiger partial charge in [0.25, 0.3) is 0 Å². The van der Waals surface area contributed by atoms with Crippen molar-refractivity contribution in [3.63, 3.8) is 0 Å². The monoisotopic (exact) mass is 323 g/mol. The lowest BCUT2D eigenvalue weighted by Gasteiger charge is -2.19. The van der Waals surface area contributed by atoms with E-state index in [1.807, 2.05) is 12.1 Å². The second-order valence-electron chi connectivity index (χ2n) is 4.04. The topological polar surface area (TPSA) is 12.0 Å². The fraction of sp³-hybridized carbons (Fsp3) is 0.500. The lowest BCUT2D eigenvalue weighted by atomic mass is 10.1. The summed E-state index contributed by atoms with van der Waals surface area (Å²) in [4.78, 5) is 0. The van der Waals surface area contributed by atoms with Crippen molar-refractivity contribution < 1.29 is 0 Å². The minimum absolute atomic E-state index is 0.439. The van der Waals surface area contributed by atoms with E-state index in [2.05, 4.69) is 35.1 Å². The SMILES string of the molecule is CC(CBr)C(C)NCc1cc(Cl)ccc1Cl. The molecule has 1 N–H and O–H groups in total. The van der Waals surface area contributed by atoms with E-state index >= 15 is 0 Å². The van der Waals surface area contributed by atoms with E-state index in [4.69, 9.17) is 23.2 Å². The van der Waals surface area contributed by atoms with Crippen LogP contribution in [0.25, 0.3) is 0 Å². The summed E-state index contributed by atoms with van der Waals surface area (Å²) >= 11 is 15.5. The molecule has 2 unspecified atom stereocenters. The first-order valence-corrected chi connectivity index (χ1v) is 7.15. The van der Waals surface area contributed by atoms with E-state index in [1.165, 1.54) is 0 Å². The summed E-state index contributed by atoms with van der Waals surface area (Å²) < 4.78 is 0. The van der Waals surface area contributed by atoms with Crippen LogP contribution in [0.4, 0.5) is 0 Å². The average Bonchev–Trinajstić information content (AvgIpc) is 2.28. The number of halogens is 3. The fourth-order valence-electron chi connectivity index (χ4n) is 1.28. The molecule has 0 amide bonds. The molecule has 0 heterocycles. The summed E-state index contributed by atoms with van der Waals surface area (Å²) in [5.41, 5.74) is 1.04. The minimum Gasteiger partial charge on any atom is -0.310 e. The van der Waals surface area contributed by atoms with Crippen molar-refractivity contribution in [1.29, 1.82) is 0 Å². The molecule has 0 radical (unpaired) electrons. The first-order valence-electron chi connectivity index (χ1n) is 5.28. The maximum atomic E-state index is 6.09. The Bertz CT molecular complexity index is 344. The van der Waals surface area contributed by atoms with Crippen molar-refractivity contribution in [1.82, 2.24) is 5.32 Å². The van der Waals surface area contributed by atoms with E-state index in [-0.39, 0.29) is 0 Å². The molecule has 1 aromatic carbocycles. The highest BCUT2D eigenvalue weighted by molar-refractivity contribution is 9.09. The van der Waals surface area contributed by atoms with Gasteiger partial charge >= 0.3 is 0 Å². The predicted octanol–water partition coefficient (Wildman–Crippen LogP) is 4.50. The molecule has 0 aliphatic heterocycles. The van der Waals surface area contributed by atoms with Crippen LogP contribution in [0.15, 0.2) is 18.2 Å². The molecular formula is C12H16BrCl2N. The largest absolute Gasteiger partial charge is 0.310 e. The molecule has 0 aliphatic carbocycles. The van der Waals surface area contributed by atoms with Crippen LogP contribution >= 0.6 is 39.1 Å². The Morgan fingerprint density at radius 2 is 2.00 bits per heavy atom. The molecule has 16 heavy (non-hydrogen) atoms. The van der Waals surface area contributed by atoms with Gasteiger partial charge in [-0.1, -0.05) is 46.1 Å². The van der Waals surface area contributed by atoms with Gasteiger partial charge in [-0.25, -0.2) is 0 Å². The van der Waals surface area contributed by atoms with Crippen LogP contribution < -0.4 is 5.32 Å². The smallest absolute Gasteiger partial charge is 0.0451 e. The molecule has 0 fully saturated rings. The lowest BCUT2D eigenvalue weighted by Crippen LogP contribution is -2.32. The molecular weight excluding hydrogens is 309 g/mol. The zero-order valence-corrected chi connectivity index (χ0v) is 12.5. The Morgan fingerprint density at radius 3 is 2.62 bits per heavy atom. The molecule has 0 bridgehead atoms. The lowest BCUT2D eigenvalue weighted by molar-refractivity contribution is 0.433. The molecule has 1 rings (SSSR count). The normalized spacial score (nSPS) is 14.8. The van der Waals surface area contributed by atoms with E-state index in [1.54, 1.807) is 6.07 Å². The third-order valence-corrected chi connectivity index (χ3v) is 4.34. The third-order valence-electron chi connectivity index (χ3n) is 2.72. The second-order valence-corrected chi connectivity index (χ2v) is 5.53. The van der Waals surface area contributed by atoms with E-state index in [9.17, 15) is 0 Å². The first-order chi connectivity index (χ1) is 7.54. The van der Waals surface area contributed by atoms with Gasteiger partial charge in [0.2, 0.25) is 0 Å². The molecule has 0 aliphatic rings. The molecule has 0 spiro atoms. The number of rotatable bonds is 5. The van der Waals surface area contributed by atoms with Crippen molar-refractivity contribution in [3.05, 3.63) is 33.8 Å². The van der Waals surface area contributed by atoms with Crippen molar-refractivity contribution in [2.24, 2.45) is 5.92 Å². The Hall–Kier alpha value is 0.240. The van der Waals surface area contributed by atoms with Gasteiger partial charge in [-0.2, -0.15) is 0 Å². The van der Waals surface area contributed by atoms with Gasteiger partial charge in [0, 0.05) is 28.0 Å². The zero-order chi connectivity index (χ0) is 12.1. The van der Waals surface area contributed by atoms with Crippen LogP contribution in [0, 0.1) is 5.92 Å². The van der Waals surface area contributed by atoms with Crippen LogP contribution in [-0.4, -0.2) is 11.4 Å². The fourth-order valence-corrected chi connectivity index (χ4v) is 2.22. The van der Waals surface area contributed by atoms with Crippen molar-refractivity contribution in [2.75, 3.05) is 5.33 Å². The van der Waals surface area contributed by atoms with Crippen LogP contribution in [0.2, 0.25) is 10.0 Å². The van der Waals surface area contributed by atoms with Crippen molar-refractivity contribution in [2.45, 2.75) is 26.4 Å². The summed E-state index contributed by atoms with van der Waals surface area (Å²) in [6.45, 7) is 5.12. The predicted molar refractivity (Wildman–Crippen MR) is 75.7 cm³/mol. The summed E-state index contributed by atoms with van der Waals surface area (Å²) in [6.07, 6.45) is 0. The summed E-state index contributed by atoms with van der Waals surface area (Å²) in [6, 6.07) is 5.98. The van der Waals surface area contributed by atoms with Crippen molar-refractivity contribution >= 4 is 39.1 Å². The highest BCUT2D eigenvalue weighted by atomic mass is 79.9. The molecule has 2 atom stereocenters.